The quantitative estimate of drug-likeness (QED) is 0.0900. The van der Waals surface area contributed by atoms with Gasteiger partial charge in [-0.1, -0.05) is 17.8 Å². The highest BCUT2D eigenvalue weighted by atomic mass is 16.7. The van der Waals surface area contributed by atoms with Crippen LogP contribution in [0.4, 0.5) is 4.79 Å². The van der Waals surface area contributed by atoms with Gasteiger partial charge in [-0.05, 0) is 26.3 Å². The van der Waals surface area contributed by atoms with E-state index in [1.54, 1.807) is 20.8 Å². The molecular weight excluding hydrogens is 524 g/mol. The molecule has 0 radical (unpaired) electrons. The number of ether oxygens (including phenoxy) is 7. The monoisotopic (exact) mass is 558 g/mol. The molecule has 0 unspecified atom stereocenters. The highest BCUT2D eigenvalue weighted by Crippen LogP contribution is 2.30. The number of esters is 4. The number of nitrogens with zero attached hydrogens (tertiary/aromatic N) is 3. The van der Waals surface area contributed by atoms with Crippen LogP contribution in [0, 0.1) is 0 Å². The molecule has 1 aliphatic rings. The highest BCUT2D eigenvalue weighted by Gasteiger charge is 2.51. The highest BCUT2D eigenvalue weighted by molar-refractivity contribution is 5.81. The Morgan fingerprint density at radius 1 is 1.05 bits per heavy atom. The van der Waals surface area contributed by atoms with E-state index in [-0.39, 0.29) is 6.61 Å². The average Bonchev–Trinajstić information content (AvgIpc) is 2.80. The van der Waals surface area contributed by atoms with Gasteiger partial charge in [-0.3, -0.25) is 14.4 Å². The standard InChI is InChI=1S/C23H34N4O12/c1-8-9-33-22(32)25-15(20(31)39-23(5,6)7)10-35-21-17(26-27-24)19(37-14(4)30)18(36-13(3)29)16(38-21)11-34-12(2)28/h8,15-19,21H,1,9-11H2,2-7H3,(H,25,32)/t15-,16+,17+,18-,19+,21-/m0/s1. The van der Waals surface area contributed by atoms with E-state index in [2.05, 4.69) is 21.9 Å². The SMILES string of the molecule is C=CCOC(=O)N[C@@H](CO[C@H]1O[C@H](COC(C)=O)[C@H](OC(C)=O)[C@H](OC(C)=O)[C@H]1N=[N+]=[N-])C(=O)OC(C)(C)C. The van der Waals surface area contributed by atoms with Gasteiger partial charge in [-0.25, -0.2) is 9.59 Å². The van der Waals surface area contributed by atoms with Gasteiger partial charge in [0, 0.05) is 25.7 Å². The van der Waals surface area contributed by atoms with Crippen molar-refractivity contribution in [3.05, 3.63) is 23.1 Å². The summed E-state index contributed by atoms with van der Waals surface area (Å²) >= 11 is 0. The molecule has 0 aliphatic carbocycles. The van der Waals surface area contributed by atoms with Crippen molar-refractivity contribution in [2.45, 2.75) is 83.8 Å². The van der Waals surface area contributed by atoms with Crippen LogP contribution in [0.25, 0.3) is 10.4 Å². The normalized spacial score (nSPS) is 23.2. The summed E-state index contributed by atoms with van der Waals surface area (Å²) in [5.74, 6) is -3.19. The van der Waals surface area contributed by atoms with E-state index in [4.69, 9.17) is 38.7 Å². The predicted molar refractivity (Wildman–Crippen MR) is 130 cm³/mol. The molecule has 16 heteroatoms. The fourth-order valence-corrected chi connectivity index (χ4v) is 3.26. The van der Waals surface area contributed by atoms with Gasteiger partial charge in [0.2, 0.25) is 0 Å². The third kappa shape index (κ3) is 12.0. The smallest absolute Gasteiger partial charge is 0.408 e. The van der Waals surface area contributed by atoms with Gasteiger partial charge < -0.3 is 38.5 Å². The number of azide groups is 1. The van der Waals surface area contributed by atoms with Gasteiger partial charge in [0.1, 0.15) is 31.0 Å². The van der Waals surface area contributed by atoms with E-state index in [1.165, 1.54) is 6.08 Å². The van der Waals surface area contributed by atoms with Crippen molar-refractivity contribution in [2.24, 2.45) is 5.11 Å². The minimum atomic E-state index is -1.53. The van der Waals surface area contributed by atoms with Crippen molar-refractivity contribution in [2.75, 3.05) is 19.8 Å². The molecule has 0 aromatic heterocycles. The van der Waals surface area contributed by atoms with Crippen LogP contribution in [0.5, 0.6) is 0 Å². The molecule has 0 spiro atoms. The van der Waals surface area contributed by atoms with Crippen LogP contribution in [-0.4, -0.2) is 92.1 Å². The summed E-state index contributed by atoms with van der Waals surface area (Å²) in [6, 6.07) is -2.87. The molecule has 1 amide bonds. The summed E-state index contributed by atoms with van der Waals surface area (Å²) in [7, 11) is 0. The van der Waals surface area contributed by atoms with Gasteiger partial charge in [-0.15, -0.1) is 0 Å². The molecule has 16 nitrogen and oxygen atoms in total. The zero-order chi connectivity index (χ0) is 29.8. The summed E-state index contributed by atoms with van der Waals surface area (Å²) in [6.45, 7) is 10.3. The van der Waals surface area contributed by atoms with Crippen LogP contribution in [-0.2, 0) is 52.3 Å². The summed E-state index contributed by atoms with van der Waals surface area (Å²) in [6.07, 6.45) is -5.25. The molecule has 1 rings (SSSR count). The lowest BCUT2D eigenvalue weighted by Crippen LogP contribution is -2.61. The second-order valence-electron chi connectivity index (χ2n) is 9.14. The van der Waals surface area contributed by atoms with E-state index >= 15 is 0 Å². The van der Waals surface area contributed by atoms with Crippen LogP contribution in [0.1, 0.15) is 41.5 Å². The van der Waals surface area contributed by atoms with E-state index in [0.29, 0.717) is 0 Å². The fourth-order valence-electron chi connectivity index (χ4n) is 3.26. The molecule has 1 aliphatic heterocycles. The third-order valence-corrected chi connectivity index (χ3v) is 4.60. The number of hydrogen-bond donors (Lipinski definition) is 1. The summed E-state index contributed by atoms with van der Waals surface area (Å²) in [5, 5.41) is 5.88. The van der Waals surface area contributed by atoms with Crippen molar-refractivity contribution >= 4 is 30.0 Å². The molecule has 1 fully saturated rings. The minimum absolute atomic E-state index is 0.141. The molecule has 0 bridgehead atoms. The molecule has 39 heavy (non-hydrogen) atoms. The molecule has 0 aromatic carbocycles. The van der Waals surface area contributed by atoms with Gasteiger partial charge in [0.05, 0.1) is 6.61 Å². The Bertz CT molecular complexity index is 959. The maximum Gasteiger partial charge on any atom is 0.408 e. The van der Waals surface area contributed by atoms with Crippen LogP contribution in [0.15, 0.2) is 17.8 Å². The Morgan fingerprint density at radius 2 is 1.67 bits per heavy atom. The first-order valence-electron chi connectivity index (χ1n) is 11.7. The molecule has 0 saturated carbocycles. The van der Waals surface area contributed by atoms with Gasteiger partial charge in [0.15, 0.2) is 24.5 Å². The van der Waals surface area contributed by atoms with Crippen LogP contribution >= 0.6 is 0 Å². The van der Waals surface area contributed by atoms with E-state index in [9.17, 15) is 24.0 Å². The second-order valence-corrected chi connectivity index (χ2v) is 9.14. The Hall–Kier alpha value is -3.88. The van der Waals surface area contributed by atoms with Crippen molar-refractivity contribution in [1.82, 2.24) is 5.32 Å². The molecular formula is C23H34N4O12. The lowest BCUT2D eigenvalue weighted by molar-refractivity contribution is -0.274. The molecule has 218 valence electrons. The lowest BCUT2D eigenvalue weighted by atomic mass is 9.96. The topological polar surface area (TPSA) is 211 Å². The van der Waals surface area contributed by atoms with Crippen molar-refractivity contribution < 1.29 is 57.1 Å². The first-order chi connectivity index (χ1) is 18.2. The van der Waals surface area contributed by atoms with Crippen molar-refractivity contribution in [1.29, 1.82) is 0 Å². The minimum Gasteiger partial charge on any atom is -0.463 e. The Labute approximate surface area is 224 Å². The Morgan fingerprint density at radius 3 is 2.18 bits per heavy atom. The lowest BCUT2D eigenvalue weighted by Gasteiger charge is -2.43. The molecule has 0 aromatic rings. The van der Waals surface area contributed by atoms with Crippen molar-refractivity contribution in [3.8, 4) is 0 Å². The van der Waals surface area contributed by atoms with Gasteiger partial charge in [0.25, 0.3) is 0 Å². The number of carbonyl (C=O) groups is 5. The zero-order valence-corrected chi connectivity index (χ0v) is 22.6. The maximum atomic E-state index is 12.8. The zero-order valence-electron chi connectivity index (χ0n) is 22.6. The van der Waals surface area contributed by atoms with Crippen LogP contribution < -0.4 is 5.32 Å². The van der Waals surface area contributed by atoms with E-state index in [1.807, 2.05) is 0 Å². The summed E-state index contributed by atoms with van der Waals surface area (Å²) in [4.78, 5) is 62.7. The number of nitrogens with one attached hydrogen (secondary N) is 1. The molecule has 6 atom stereocenters. The second kappa shape index (κ2) is 15.5. The van der Waals surface area contributed by atoms with Gasteiger partial charge in [-0.2, -0.15) is 0 Å². The van der Waals surface area contributed by atoms with Gasteiger partial charge >= 0.3 is 30.0 Å². The fraction of sp³-hybridized carbons (Fsp3) is 0.696. The number of rotatable bonds is 12. The average molecular weight is 559 g/mol. The summed E-state index contributed by atoms with van der Waals surface area (Å²) < 4.78 is 37.2. The Kier molecular flexibility index (Phi) is 13.2. The number of carbonyl (C=O) groups excluding carboxylic acids is 5. The molecule has 1 saturated heterocycles. The van der Waals surface area contributed by atoms with Crippen LogP contribution in [0.2, 0.25) is 0 Å². The third-order valence-electron chi connectivity index (χ3n) is 4.60. The largest absolute Gasteiger partial charge is 0.463 e. The Balaban J connectivity index is 3.33. The molecule has 1 heterocycles. The summed E-state index contributed by atoms with van der Waals surface area (Å²) in [5.41, 5.74) is 8.24. The first kappa shape index (κ1) is 33.1. The number of amides is 1. The maximum absolute atomic E-state index is 12.8. The molecule has 1 N–H and O–H groups in total. The number of alkyl carbamates (subject to hydrolysis) is 1. The first-order valence-corrected chi connectivity index (χ1v) is 11.7. The van der Waals surface area contributed by atoms with E-state index in [0.717, 1.165) is 20.8 Å². The number of hydrogen-bond acceptors (Lipinski definition) is 13. The van der Waals surface area contributed by atoms with Crippen LogP contribution in [0.3, 0.4) is 0 Å². The predicted octanol–water partition coefficient (Wildman–Crippen LogP) is 1.46. The van der Waals surface area contributed by atoms with E-state index < -0.39 is 85.5 Å². The van der Waals surface area contributed by atoms with Crippen molar-refractivity contribution in [3.63, 3.8) is 0 Å².